The van der Waals surface area contributed by atoms with Crippen LogP contribution in [0.3, 0.4) is 0 Å². The number of carbonyl (C=O) groups is 1. The minimum absolute atomic E-state index is 0.149. The molecule has 8 rings (SSSR count). The van der Waals surface area contributed by atoms with E-state index in [9.17, 15) is 4.79 Å². The number of benzene rings is 5. The van der Waals surface area contributed by atoms with Crippen molar-refractivity contribution in [2.75, 3.05) is 79.8 Å². The lowest BCUT2D eigenvalue weighted by Gasteiger charge is -2.42. The summed E-state index contributed by atoms with van der Waals surface area (Å²) in [7, 11) is 3.93. The number of carbonyl (C=O) groups excluding carboxylic acids is 1. The summed E-state index contributed by atoms with van der Waals surface area (Å²) in [6, 6.07) is 45.1. The van der Waals surface area contributed by atoms with Crippen LogP contribution in [0.5, 0.6) is 0 Å². The summed E-state index contributed by atoms with van der Waals surface area (Å²) >= 11 is 0. The molecule has 3 atom stereocenters. The molecule has 0 bridgehead atoms. The molecule has 2 fully saturated rings. The Morgan fingerprint density at radius 1 is 0.583 bits per heavy atom. The molecule has 1 aromatic heterocycles. The summed E-state index contributed by atoms with van der Waals surface area (Å²) in [6.45, 7) is 11.2. The zero-order valence-electron chi connectivity index (χ0n) is 35.4. The number of aromatic nitrogens is 1. The van der Waals surface area contributed by atoms with E-state index in [1.807, 2.05) is 43.3 Å². The van der Waals surface area contributed by atoms with Gasteiger partial charge in [-0.15, -0.1) is 0 Å². The van der Waals surface area contributed by atoms with Crippen molar-refractivity contribution in [2.45, 2.75) is 32.1 Å². The largest absolute Gasteiger partial charge is 0.379 e. The Hall–Kier alpha value is -5.42. The molecule has 2 aliphatic heterocycles. The molecule has 1 amide bonds. The van der Waals surface area contributed by atoms with E-state index in [2.05, 4.69) is 132 Å². The molecule has 0 aliphatic carbocycles. The van der Waals surface area contributed by atoms with Gasteiger partial charge in [0.2, 0.25) is 0 Å². The van der Waals surface area contributed by atoms with E-state index in [4.69, 9.17) is 9.47 Å². The molecule has 310 valence electrons. The third kappa shape index (κ3) is 9.01. The Kier molecular flexibility index (Phi) is 13.0. The quantitative estimate of drug-likeness (QED) is 0.117. The van der Waals surface area contributed by atoms with E-state index in [1.165, 1.54) is 0 Å². The molecule has 5 aromatic carbocycles. The van der Waals surface area contributed by atoms with Crippen molar-refractivity contribution < 1.29 is 14.3 Å². The second-order valence-corrected chi connectivity index (χ2v) is 16.3. The summed E-state index contributed by atoms with van der Waals surface area (Å²) in [5.41, 5.74) is 9.39. The van der Waals surface area contributed by atoms with Crippen LogP contribution in [0.2, 0.25) is 0 Å². The van der Waals surface area contributed by atoms with Crippen LogP contribution >= 0.6 is 0 Å². The lowest BCUT2D eigenvalue weighted by molar-refractivity contribution is -0.143. The smallest absolute Gasteiger partial charge is 0.261 e. The Bertz CT molecular complexity index is 2410. The molecule has 0 N–H and O–H groups in total. The molecule has 3 heterocycles. The van der Waals surface area contributed by atoms with Crippen molar-refractivity contribution in [1.29, 1.82) is 0 Å². The minimum Gasteiger partial charge on any atom is -0.379 e. The second kappa shape index (κ2) is 18.9. The lowest BCUT2D eigenvalue weighted by Crippen LogP contribution is -2.52. The number of rotatable bonds is 13. The van der Waals surface area contributed by atoms with Crippen molar-refractivity contribution in [3.05, 3.63) is 166 Å². The van der Waals surface area contributed by atoms with Crippen molar-refractivity contribution in [3.63, 3.8) is 0 Å². The first kappa shape index (κ1) is 41.3. The van der Waals surface area contributed by atoms with E-state index in [0.717, 1.165) is 81.6 Å². The van der Waals surface area contributed by atoms with Gasteiger partial charge < -0.3 is 14.4 Å². The summed E-state index contributed by atoms with van der Waals surface area (Å²) in [6.07, 6.45) is -0.969. The highest BCUT2D eigenvalue weighted by atomic mass is 16.5. The van der Waals surface area contributed by atoms with Gasteiger partial charge in [-0.05, 0) is 77.5 Å². The highest BCUT2D eigenvalue weighted by Gasteiger charge is 2.38. The van der Waals surface area contributed by atoms with Gasteiger partial charge >= 0.3 is 0 Å². The number of nitrogens with zero attached hydrogens (tertiary/aromatic N) is 5. The van der Waals surface area contributed by atoms with Crippen LogP contribution in [0.15, 0.2) is 138 Å². The van der Waals surface area contributed by atoms with Gasteiger partial charge in [-0.1, -0.05) is 115 Å². The lowest BCUT2D eigenvalue weighted by atomic mass is 9.98. The van der Waals surface area contributed by atoms with Crippen LogP contribution in [0.1, 0.15) is 40.5 Å². The van der Waals surface area contributed by atoms with Crippen LogP contribution < -0.4 is 5.56 Å². The predicted molar refractivity (Wildman–Crippen MR) is 241 cm³/mol. The fourth-order valence-electron chi connectivity index (χ4n) is 8.86. The Balaban J connectivity index is 1.24. The average Bonchev–Trinajstić information content (AvgIpc) is 3.30. The summed E-state index contributed by atoms with van der Waals surface area (Å²) in [5.74, 6) is -0.149. The standard InChI is InChI=1S/C51H57N5O4/c1-37-15-25-46-45(38(37)2)24-26-49(57)56(46)50(52(3)47(35-54-27-31-59-32-28-54)43-20-16-41(17-21-43)39-11-7-5-8-12-39)51(58)53(4)48(36-55-29-33-60-34-30-55)44-22-18-42(19-23-44)40-13-9-6-10-14-40/h5-26,47-48,50H,27-36H2,1-4H3. The van der Waals surface area contributed by atoms with E-state index in [-0.39, 0.29) is 23.6 Å². The number of likely N-dealkylation sites (N-methyl/N-ethyl adjacent to an activating group) is 2. The van der Waals surface area contributed by atoms with E-state index >= 15 is 4.79 Å². The third-order valence-corrected chi connectivity index (χ3v) is 12.7. The normalized spacial score (nSPS) is 16.8. The fourth-order valence-corrected chi connectivity index (χ4v) is 8.86. The van der Waals surface area contributed by atoms with Gasteiger partial charge in [-0.25, -0.2) is 0 Å². The molecule has 6 aromatic rings. The number of morpholine rings is 2. The van der Waals surface area contributed by atoms with E-state index < -0.39 is 6.17 Å². The number of pyridine rings is 1. The Labute approximate surface area is 354 Å². The Morgan fingerprint density at radius 2 is 1.05 bits per heavy atom. The summed E-state index contributed by atoms with van der Waals surface area (Å²) in [5, 5.41) is 0.960. The average molecular weight is 804 g/mol. The van der Waals surface area contributed by atoms with Gasteiger partial charge in [-0.3, -0.25) is 28.9 Å². The fraction of sp³-hybridized carbons (Fsp3) is 0.333. The third-order valence-electron chi connectivity index (χ3n) is 12.7. The molecule has 0 saturated carbocycles. The van der Waals surface area contributed by atoms with Crippen LogP contribution in [-0.2, 0) is 14.3 Å². The molecule has 0 spiro atoms. The molecular weight excluding hydrogens is 747 g/mol. The predicted octanol–water partition coefficient (Wildman–Crippen LogP) is 7.99. The van der Waals surface area contributed by atoms with Crippen molar-refractivity contribution in [1.82, 2.24) is 24.2 Å². The molecule has 2 saturated heterocycles. The highest BCUT2D eigenvalue weighted by Crippen LogP contribution is 2.35. The first-order chi connectivity index (χ1) is 29.3. The first-order valence-electron chi connectivity index (χ1n) is 21.3. The summed E-state index contributed by atoms with van der Waals surface area (Å²) in [4.78, 5) is 39.2. The van der Waals surface area contributed by atoms with Crippen LogP contribution in [0.25, 0.3) is 33.2 Å². The molecule has 60 heavy (non-hydrogen) atoms. The number of ether oxygens (including phenoxy) is 2. The zero-order chi connectivity index (χ0) is 41.6. The van der Waals surface area contributed by atoms with Crippen LogP contribution in [-0.4, -0.2) is 110 Å². The number of hydrogen-bond donors (Lipinski definition) is 0. The number of hydrogen-bond acceptors (Lipinski definition) is 7. The Morgan fingerprint density at radius 3 is 1.57 bits per heavy atom. The molecule has 9 nitrogen and oxygen atoms in total. The van der Waals surface area contributed by atoms with Gasteiger partial charge in [0.05, 0.1) is 38.0 Å². The second-order valence-electron chi connectivity index (χ2n) is 16.3. The van der Waals surface area contributed by atoms with E-state index in [0.29, 0.717) is 39.5 Å². The van der Waals surface area contributed by atoms with Gasteiger partial charge in [0, 0.05) is 63.8 Å². The zero-order valence-corrected chi connectivity index (χ0v) is 35.4. The molecule has 2 aliphatic rings. The maximum Gasteiger partial charge on any atom is 0.261 e. The van der Waals surface area contributed by atoms with Gasteiger partial charge in [0.25, 0.3) is 11.5 Å². The SMILES string of the molecule is Cc1ccc2c(ccc(=O)n2C(C(=O)N(C)C(CN2CCOCC2)c2ccc(-c3ccccc3)cc2)N(C)C(CN2CCOCC2)c2ccc(-c3ccccc3)cc2)c1C. The van der Waals surface area contributed by atoms with Crippen molar-refractivity contribution >= 4 is 16.8 Å². The van der Waals surface area contributed by atoms with Gasteiger partial charge in [0.1, 0.15) is 0 Å². The van der Waals surface area contributed by atoms with Crippen LogP contribution in [0.4, 0.5) is 0 Å². The maximum atomic E-state index is 15.9. The van der Waals surface area contributed by atoms with E-state index in [1.54, 1.807) is 10.6 Å². The van der Waals surface area contributed by atoms with Crippen LogP contribution in [0, 0.1) is 13.8 Å². The van der Waals surface area contributed by atoms with Gasteiger partial charge in [-0.2, -0.15) is 0 Å². The minimum atomic E-state index is -0.969. The number of fused-ring (bicyclic) bond motifs is 1. The monoisotopic (exact) mass is 803 g/mol. The topological polar surface area (TPSA) is 70.5 Å². The molecule has 0 radical (unpaired) electrons. The van der Waals surface area contributed by atoms with Crippen molar-refractivity contribution in [2.24, 2.45) is 0 Å². The summed E-state index contributed by atoms with van der Waals surface area (Å²) < 4.78 is 13.3. The highest BCUT2D eigenvalue weighted by molar-refractivity contribution is 5.87. The maximum absolute atomic E-state index is 15.9. The van der Waals surface area contributed by atoms with Gasteiger partial charge in [0.15, 0.2) is 6.17 Å². The van der Waals surface area contributed by atoms with Crippen molar-refractivity contribution in [3.8, 4) is 22.3 Å². The number of amides is 1. The first-order valence-corrected chi connectivity index (χ1v) is 21.3. The molecule has 9 heteroatoms. The molecule has 3 unspecified atom stereocenters. The number of aryl methyl sites for hydroxylation is 2. The molecular formula is C51H57N5O4.